The van der Waals surface area contributed by atoms with Crippen LogP contribution in [0.3, 0.4) is 0 Å². The average Bonchev–Trinajstić information content (AvgIpc) is 2.52. The number of benzene rings is 1. The maximum absolute atomic E-state index is 6.07. The van der Waals surface area contributed by atoms with Gasteiger partial charge in [-0.3, -0.25) is 0 Å². The van der Waals surface area contributed by atoms with Gasteiger partial charge in [-0.05, 0) is 25.3 Å². The van der Waals surface area contributed by atoms with Crippen LogP contribution < -0.4 is 10.5 Å². The quantitative estimate of drug-likeness (QED) is 0.357. The Morgan fingerprint density at radius 3 is 2.71 bits per heavy atom. The van der Waals surface area contributed by atoms with Gasteiger partial charge in [-0.25, -0.2) is 4.99 Å². The smallest absolute Gasteiger partial charge is 0.191 e. The monoisotopic (exact) mass is 401 g/mol. The first kappa shape index (κ1) is 17.8. The van der Waals surface area contributed by atoms with Crippen LogP contribution in [0.15, 0.2) is 41.9 Å². The Labute approximate surface area is 144 Å². The molecule has 0 unspecified atom stereocenters. The lowest BCUT2D eigenvalue weighted by Crippen LogP contribution is -2.40. The molecule has 1 aliphatic rings. The highest BCUT2D eigenvalue weighted by atomic mass is 127. The number of nitrogens with zero attached hydrogens (tertiary/aromatic N) is 2. The van der Waals surface area contributed by atoms with Crippen LogP contribution in [-0.4, -0.2) is 30.6 Å². The van der Waals surface area contributed by atoms with Crippen LogP contribution in [0.1, 0.15) is 24.8 Å². The number of likely N-dealkylation sites (tertiary alicyclic amines) is 1. The number of guanidine groups is 1. The summed E-state index contributed by atoms with van der Waals surface area (Å²) in [6.45, 7) is 6.75. The zero-order valence-corrected chi connectivity index (χ0v) is 14.7. The Morgan fingerprint density at radius 1 is 1.29 bits per heavy atom. The SMILES string of the molecule is C=CCOc1ccccc1CN=C(N)N1CCCCC1.I. The second-order valence-electron chi connectivity index (χ2n) is 4.93. The van der Waals surface area contributed by atoms with Crippen LogP contribution in [0.4, 0.5) is 0 Å². The van der Waals surface area contributed by atoms with Crippen LogP contribution in [0.25, 0.3) is 0 Å². The van der Waals surface area contributed by atoms with E-state index in [9.17, 15) is 0 Å². The number of hydrogen-bond acceptors (Lipinski definition) is 2. The number of hydrogen-bond donors (Lipinski definition) is 1. The molecule has 1 aliphatic heterocycles. The minimum atomic E-state index is 0. The second-order valence-corrected chi connectivity index (χ2v) is 4.93. The van der Waals surface area contributed by atoms with Crippen molar-refractivity contribution in [1.82, 2.24) is 4.90 Å². The maximum Gasteiger partial charge on any atom is 0.191 e. The van der Waals surface area contributed by atoms with E-state index in [2.05, 4.69) is 16.5 Å². The van der Waals surface area contributed by atoms with Crippen molar-refractivity contribution in [2.75, 3.05) is 19.7 Å². The summed E-state index contributed by atoms with van der Waals surface area (Å²) in [6, 6.07) is 7.92. The summed E-state index contributed by atoms with van der Waals surface area (Å²) in [5.74, 6) is 1.49. The van der Waals surface area contributed by atoms with Crippen molar-refractivity contribution >= 4 is 29.9 Å². The van der Waals surface area contributed by atoms with Gasteiger partial charge < -0.3 is 15.4 Å². The Kier molecular flexibility index (Phi) is 8.19. The zero-order valence-electron chi connectivity index (χ0n) is 12.3. The fraction of sp³-hybridized carbons (Fsp3) is 0.438. The third kappa shape index (κ3) is 5.57. The highest BCUT2D eigenvalue weighted by Gasteiger charge is 2.12. The van der Waals surface area contributed by atoms with Crippen molar-refractivity contribution < 1.29 is 4.74 Å². The van der Waals surface area contributed by atoms with Crippen molar-refractivity contribution in [2.24, 2.45) is 10.7 Å². The predicted molar refractivity (Wildman–Crippen MR) is 98.3 cm³/mol. The zero-order chi connectivity index (χ0) is 14.2. The van der Waals surface area contributed by atoms with Crippen LogP contribution in [0, 0.1) is 0 Å². The minimum Gasteiger partial charge on any atom is -0.489 e. The first-order valence-electron chi connectivity index (χ1n) is 7.17. The highest BCUT2D eigenvalue weighted by Crippen LogP contribution is 2.19. The fourth-order valence-corrected chi connectivity index (χ4v) is 2.31. The van der Waals surface area contributed by atoms with Gasteiger partial charge in [-0.1, -0.05) is 30.9 Å². The third-order valence-corrected chi connectivity index (χ3v) is 3.42. The van der Waals surface area contributed by atoms with Crippen molar-refractivity contribution in [1.29, 1.82) is 0 Å². The van der Waals surface area contributed by atoms with Crippen LogP contribution in [0.5, 0.6) is 5.75 Å². The topological polar surface area (TPSA) is 50.9 Å². The summed E-state index contributed by atoms with van der Waals surface area (Å²) in [5.41, 5.74) is 7.12. The molecule has 0 spiro atoms. The Hall–Kier alpha value is -1.24. The molecule has 0 amide bonds. The molecule has 1 aromatic rings. The molecular formula is C16H24IN3O. The summed E-state index contributed by atoms with van der Waals surface area (Å²) in [6.07, 6.45) is 5.44. The van der Waals surface area contributed by atoms with Crippen LogP contribution >= 0.6 is 24.0 Å². The number of halogens is 1. The lowest BCUT2D eigenvalue weighted by atomic mass is 10.1. The van der Waals surface area contributed by atoms with Crippen molar-refractivity contribution in [2.45, 2.75) is 25.8 Å². The summed E-state index contributed by atoms with van der Waals surface area (Å²) in [7, 11) is 0. The third-order valence-electron chi connectivity index (χ3n) is 3.42. The molecule has 4 nitrogen and oxygen atoms in total. The normalized spacial score (nSPS) is 15.2. The first-order valence-corrected chi connectivity index (χ1v) is 7.17. The summed E-state index contributed by atoms with van der Waals surface area (Å²) in [5, 5.41) is 0. The van der Waals surface area contributed by atoms with Gasteiger partial charge in [0.1, 0.15) is 12.4 Å². The number of para-hydroxylation sites is 1. The fourth-order valence-electron chi connectivity index (χ4n) is 2.31. The molecule has 0 atom stereocenters. The molecule has 21 heavy (non-hydrogen) atoms. The number of aliphatic imine (C=N–C) groups is 1. The molecule has 2 N–H and O–H groups in total. The van der Waals surface area contributed by atoms with E-state index in [1.54, 1.807) is 6.08 Å². The molecule has 0 radical (unpaired) electrons. The minimum absolute atomic E-state index is 0. The molecule has 1 saturated heterocycles. The van der Waals surface area contributed by atoms with Gasteiger partial charge in [0.05, 0.1) is 6.54 Å². The molecule has 0 bridgehead atoms. The Morgan fingerprint density at radius 2 is 2.00 bits per heavy atom. The van der Waals surface area contributed by atoms with Gasteiger partial charge in [0, 0.05) is 18.7 Å². The Balaban J connectivity index is 0.00000220. The number of rotatable bonds is 5. The van der Waals surface area contributed by atoms with Gasteiger partial charge in [0.15, 0.2) is 5.96 Å². The summed E-state index contributed by atoms with van der Waals surface area (Å²) in [4.78, 5) is 6.66. The van der Waals surface area contributed by atoms with Crippen molar-refractivity contribution in [3.05, 3.63) is 42.5 Å². The van der Waals surface area contributed by atoms with E-state index in [1.165, 1.54) is 19.3 Å². The summed E-state index contributed by atoms with van der Waals surface area (Å²) >= 11 is 0. The average molecular weight is 401 g/mol. The summed E-state index contributed by atoms with van der Waals surface area (Å²) < 4.78 is 5.62. The van der Waals surface area contributed by atoms with Gasteiger partial charge >= 0.3 is 0 Å². The highest BCUT2D eigenvalue weighted by molar-refractivity contribution is 14.0. The van der Waals surface area contributed by atoms with E-state index in [4.69, 9.17) is 10.5 Å². The molecular weight excluding hydrogens is 377 g/mol. The number of piperidine rings is 1. The molecule has 0 aromatic heterocycles. The van der Waals surface area contributed by atoms with E-state index in [0.29, 0.717) is 19.1 Å². The van der Waals surface area contributed by atoms with E-state index >= 15 is 0 Å². The van der Waals surface area contributed by atoms with Crippen molar-refractivity contribution in [3.63, 3.8) is 0 Å². The standard InChI is InChI=1S/C16H23N3O.HI/c1-2-12-20-15-9-5-4-8-14(15)13-18-16(17)19-10-6-3-7-11-19;/h2,4-5,8-9H,1,3,6-7,10-13H2,(H2,17,18);1H. The van der Waals surface area contributed by atoms with E-state index in [-0.39, 0.29) is 24.0 Å². The molecule has 0 saturated carbocycles. The first-order chi connectivity index (χ1) is 9.81. The molecule has 5 heteroatoms. The molecule has 1 heterocycles. The molecule has 1 fully saturated rings. The Bertz CT molecular complexity index is 470. The predicted octanol–water partition coefficient (Wildman–Crippen LogP) is 3.17. The van der Waals surface area contributed by atoms with Gasteiger partial charge in [-0.15, -0.1) is 24.0 Å². The largest absolute Gasteiger partial charge is 0.489 e. The van der Waals surface area contributed by atoms with Crippen LogP contribution in [0.2, 0.25) is 0 Å². The lowest BCUT2D eigenvalue weighted by Gasteiger charge is -2.27. The molecule has 0 aliphatic carbocycles. The second kappa shape index (κ2) is 9.65. The molecule has 1 aromatic carbocycles. The van der Waals surface area contributed by atoms with Crippen molar-refractivity contribution in [3.8, 4) is 5.75 Å². The van der Waals surface area contributed by atoms with Gasteiger partial charge in [0.2, 0.25) is 0 Å². The van der Waals surface area contributed by atoms with Gasteiger partial charge in [0.25, 0.3) is 0 Å². The number of nitrogens with two attached hydrogens (primary N) is 1. The maximum atomic E-state index is 6.07. The molecule has 116 valence electrons. The number of ether oxygens (including phenoxy) is 1. The van der Waals surface area contributed by atoms with Crippen LogP contribution in [-0.2, 0) is 6.54 Å². The van der Waals surface area contributed by atoms with E-state index in [0.717, 1.165) is 24.4 Å². The van der Waals surface area contributed by atoms with Gasteiger partial charge in [-0.2, -0.15) is 0 Å². The lowest BCUT2D eigenvalue weighted by molar-refractivity contribution is 0.337. The van der Waals surface area contributed by atoms with E-state index in [1.807, 2.05) is 24.3 Å². The molecule has 2 rings (SSSR count). The van der Waals surface area contributed by atoms with E-state index < -0.39 is 0 Å².